The van der Waals surface area contributed by atoms with E-state index in [-0.39, 0.29) is 11.9 Å². The summed E-state index contributed by atoms with van der Waals surface area (Å²) in [6.45, 7) is 3.39. The summed E-state index contributed by atoms with van der Waals surface area (Å²) in [5, 5.41) is 3.12. The van der Waals surface area contributed by atoms with Gasteiger partial charge in [0, 0.05) is 32.1 Å². The number of amides is 1. The SMILES string of the molecule is O=C(NCC[C@H]1CCCO1)[C@@H]1CCCCN1Cc1cccnc1. The summed E-state index contributed by atoms with van der Waals surface area (Å²) in [5.41, 5.74) is 1.17. The molecular weight excluding hydrogens is 290 g/mol. The van der Waals surface area contributed by atoms with Crippen LogP contribution in [0.1, 0.15) is 44.1 Å². The van der Waals surface area contributed by atoms with Gasteiger partial charge >= 0.3 is 0 Å². The van der Waals surface area contributed by atoms with E-state index in [1.54, 1.807) is 6.20 Å². The Balaban J connectivity index is 1.49. The van der Waals surface area contributed by atoms with E-state index in [1.807, 2.05) is 12.3 Å². The fourth-order valence-electron chi connectivity index (χ4n) is 3.55. The number of ether oxygens (including phenoxy) is 1. The van der Waals surface area contributed by atoms with Gasteiger partial charge in [-0.25, -0.2) is 0 Å². The molecule has 5 nitrogen and oxygen atoms in total. The summed E-state index contributed by atoms with van der Waals surface area (Å²) in [6.07, 6.45) is 10.5. The van der Waals surface area contributed by atoms with Gasteiger partial charge in [0.15, 0.2) is 0 Å². The minimum absolute atomic E-state index is 0.00606. The van der Waals surface area contributed by atoms with Gasteiger partial charge in [0.2, 0.25) is 5.91 Å². The average molecular weight is 317 g/mol. The third kappa shape index (κ3) is 4.75. The van der Waals surface area contributed by atoms with Gasteiger partial charge in [-0.05, 0) is 50.3 Å². The van der Waals surface area contributed by atoms with E-state index in [2.05, 4.69) is 21.3 Å². The van der Waals surface area contributed by atoms with Crippen molar-refractivity contribution in [2.45, 2.75) is 57.2 Å². The average Bonchev–Trinajstić information content (AvgIpc) is 3.09. The number of hydrogen-bond donors (Lipinski definition) is 1. The van der Waals surface area contributed by atoms with Crippen LogP contribution in [0.4, 0.5) is 0 Å². The fraction of sp³-hybridized carbons (Fsp3) is 0.667. The maximum absolute atomic E-state index is 12.6. The van der Waals surface area contributed by atoms with E-state index in [1.165, 1.54) is 12.0 Å². The second-order valence-electron chi connectivity index (χ2n) is 6.56. The Kier molecular flexibility index (Phi) is 6.00. The summed E-state index contributed by atoms with van der Waals surface area (Å²) < 4.78 is 5.61. The zero-order valence-corrected chi connectivity index (χ0v) is 13.7. The first-order chi connectivity index (χ1) is 11.3. The topological polar surface area (TPSA) is 54.5 Å². The van der Waals surface area contributed by atoms with Crippen molar-refractivity contribution < 1.29 is 9.53 Å². The molecule has 2 fully saturated rings. The number of carbonyl (C=O) groups is 1. The van der Waals surface area contributed by atoms with Gasteiger partial charge in [-0.3, -0.25) is 14.7 Å². The van der Waals surface area contributed by atoms with E-state index in [0.29, 0.717) is 6.10 Å². The van der Waals surface area contributed by atoms with Crippen molar-refractivity contribution in [2.75, 3.05) is 19.7 Å². The number of likely N-dealkylation sites (tertiary alicyclic amines) is 1. The highest BCUT2D eigenvalue weighted by molar-refractivity contribution is 5.81. The lowest BCUT2D eigenvalue weighted by atomic mass is 10.0. The van der Waals surface area contributed by atoms with Gasteiger partial charge in [0.1, 0.15) is 0 Å². The zero-order chi connectivity index (χ0) is 15.9. The number of pyridine rings is 1. The highest BCUT2D eigenvalue weighted by Crippen LogP contribution is 2.20. The molecule has 2 atom stereocenters. The summed E-state index contributed by atoms with van der Waals surface area (Å²) in [4.78, 5) is 19.0. The van der Waals surface area contributed by atoms with Crippen molar-refractivity contribution in [3.63, 3.8) is 0 Å². The second kappa shape index (κ2) is 8.41. The van der Waals surface area contributed by atoms with Crippen LogP contribution in [-0.4, -0.2) is 47.6 Å². The second-order valence-corrected chi connectivity index (χ2v) is 6.56. The first-order valence-electron chi connectivity index (χ1n) is 8.85. The lowest BCUT2D eigenvalue weighted by molar-refractivity contribution is -0.128. The minimum Gasteiger partial charge on any atom is -0.378 e. The Morgan fingerprint density at radius 2 is 2.30 bits per heavy atom. The third-order valence-corrected chi connectivity index (χ3v) is 4.81. The molecule has 0 aromatic carbocycles. The van der Waals surface area contributed by atoms with Crippen LogP contribution in [0.3, 0.4) is 0 Å². The van der Waals surface area contributed by atoms with Gasteiger partial charge in [-0.2, -0.15) is 0 Å². The van der Waals surface area contributed by atoms with Crippen LogP contribution in [0, 0.1) is 0 Å². The van der Waals surface area contributed by atoms with Crippen molar-refractivity contribution in [3.05, 3.63) is 30.1 Å². The van der Waals surface area contributed by atoms with Crippen molar-refractivity contribution in [1.82, 2.24) is 15.2 Å². The van der Waals surface area contributed by atoms with Crippen molar-refractivity contribution in [2.24, 2.45) is 0 Å². The molecule has 1 aromatic heterocycles. The van der Waals surface area contributed by atoms with Gasteiger partial charge in [-0.1, -0.05) is 12.5 Å². The van der Waals surface area contributed by atoms with Crippen LogP contribution in [0.5, 0.6) is 0 Å². The number of aromatic nitrogens is 1. The predicted octanol–water partition coefficient (Wildman–Crippen LogP) is 2.12. The highest BCUT2D eigenvalue weighted by Gasteiger charge is 2.28. The molecule has 0 bridgehead atoms. The molecule has 0 radical (unpaired) electrons. The number of hydrogen-bond acceptors (Lipinski definition) is 4. The molecule has 3 heterocycles. The van der Waals surface area contributed by atoms with Crippen LogP contribution >= 0.6 is 0 Å². The number of piperidine rings is 1. The maximum atomic E-state index is 12.6. The molecule has 3 rings (SSSR count). The number of nitrogens with one attached hydrogen (secondary N) is 1. The standard InChI is InChI=1S/C18H27N3O2/c22-18(20-10-8-16-6-4-12-23-16)17-7-1-2-11-21(17)14-15-5-3-9-19-13-15/h3,5,9,13,16-17H,1-2,4,6-8,10-12,14H2,(H,20,22)/t16-,17+/m1/s1. The van der Waals surface area contributed by atoms with Crippen molar-refractivity contribution in [3.8, 4) is 0 Å². The Labute approximate surface area is 138 Å². The van der Waals surface area contributed by atoms with Crippen LogP contribution in [-0.2, 0) is 16.1 Å². The number of carbonyl (C=O) groups excluding carboxylic acids is 1. The first-order valence-corrected chi connectivity index (χ1v) is 8.85. The van der Waals surface area contributed by atoms with Crippen LogP contribution in [0.15, 0.2) is 24.5 Å². The summed E-state index contributed by atoms with van der Waals surface area (Å²) in [7, 11) is 0. The molecule has 0 unspecified atom stereocenters. The van der Waals surface area contributed by atoms with Crippen molar-refractivity contribution in [1.29, 1.82) is 0 Å². The minimum atomic E-state index is -0.00606. The summed E-state index contributed by atoms with van der Waals surface area (Å²) in [6, 6.07) is 4.03. The molecule has 5 heteroatoms. The molecule has 2 saturated heterocycles. The van der Waals surface area contributed by atoms with E-state index >= 15 is 0 Å². The van der Waals surface area contributed by atoms with E-state index in [9.17, 15) is 4.79 Å². The first kappa shape index (κ1) is 16.4. The van der Waals surface area contributed by atoms with Crippen LogP contribution < -0.4 is 5.32 Å². The highest BCUT2D eigenvalue weighted by atomic mass is 16.5. The Hall–Kier alpha value is -1.46. The zero-order valence-electron chi connectivity index (χ0n) is 13.7. The van der Waals surface area contributed by atoms with Crippen LogP contribution in [0.25, 0.3) is 0 Å². The lowest BCUT2D eigenvalue weighted by Gasteiger charge is -2.34. The Morgan fingerprint density at radius 1 is 1.35 bits per heavy atom. The smallest absolute Gasteiger partial charge is 0.237 e. The van der Waals surface area contributed by atoms with Gasteiger partial charge in [0.05, 0.1) is 12.1 Å². The third-order valence-electron chi connectivity index (χ3n) is 4.81. The molecule has 23 heavy (non-hydrogen) atoms. The van der Waals surface area contributed by atoms with Gasteiger partial charge < -0.3 is 10.1 Å². The molecule has 1 amide bonds. The molecular formula is C18H27N3O2. The molecule has 0 spiro atoms. The Morgan fingerprint density at radius 3 is 3.09 bits per heavy atom. The molecule has 1 N–H and O–H groups in total. The van der Waals surface area contributed by atoms with E-state index < -0.39 is 0 Å². The Bertz CT molecular complexity index is 488. The van der Waals surface area contributed by atoms with Gasteiger partial charge in [-0.15, -0.1) is 0 Å². The molecule has 2 aliphatic heterocycles. The normalized spacial score (nSPS) is 25.4. The van der Waals surface area contributed by atoms with Crippen molar-refractivity contribution >= 4 is 5.91 Å². The fourth-order valence-corrected chi connectivity index (χ4v) is 3.55. The van der Waals surface area contributed by atoms with E-state index in [4.69, 9.17) is 4.74 Å². The van der Waals surface area contributed by atoms with E-state index in [0.717, 1.165) is 58.3 Å². The predicted molar refractivity (Wildman–Crippen MR) is 88.9 cm³/mol. The molecule has 0 saturated carbocycles. The number of nitrogens with zero attached hydrogens (tertiary/aromatic N) is 2. The maximum Gasteiger partial charge on any atom is 0.237 e. The molecule has 2 aliphatic rings. The quantitative estimate of drug-likeness (QED) is 0.873. The number of rotatable bonds is 6. The molecule has 0 aliphatic carbocycles. The van der Waals surface area contributed by atoms with Gasteiger partial charge in [0.25, 0.3) is 0 Å². The molecule has 126 valence electrons. The molecule has 1 aromatic rings. The monoisotopic (exact) mass is 317 g/mol. The summed E-state index contributed by atoms with van der Waals surface area (Å²) >= 11 is 0. The van der Waals surface area contributed by atoms with Crippen LogP contribution in [0.2, 0.25) is 0 Å². The summed E-state index contributed by atoms with van der Waals surface area (Å²) in [5.74, 6) is 0.173. The lowest BCUT2D eigenvalue weighted by Crippen LogP contribution is -2.49. The largest absolute Gasteiger partial charge is 0.378 e.